The summed E-state index contributed by atoms with van der Waals surface area (Å²) in [7, 11) is -3.82. The van der Waals surface area contributed by atoms with Crippen LogP contribution in [-0.2, 0) is 10.0 Å². The fourth-order valence-corrected chi connectivity index (χ4v) is 6.45. The number of aromatic nitrogens is 3. The van der Waals surface area contributed by atoms with Crippen LogP contribution >= 0.6 is 0 Å². The quantitative estimate of drug-likeness (QED) is 0.426. The molecule has 1 amide bonds. The number of pyridine rings is 1. The molecule has 1 saturated heterocycles. The molecule has 2 aromatic heterocycles. The molecule has 0 aromatic carbocycles. The Balaban J connectivity index is 1.39. The molecule has 1 atom stereocenters. The summed E-state index contributed by atoms with van der Waals surface area (Å²) < 4.78 is 74.4. The number of carbonyl (C=O) groups is 1. The van der Waals surface area contributed by atoms with Crippen LogP contribution in [0.5, 0.6) is 5.88 Å². The number of nitrogens with zero attached hydrogens (tertiary/aromatic N) is 4. The lowest BCUT2D eigenvalue weighted by molar-refractivity contribution is -0.190. The highest BCUT2D eigenvalue weighted by atomic mass is 32.2. The third-order valence-corrected chi connectivity index (χ3v) is 9.13. The van der Waals surface area contributed by atoms with Gasteiger partial charge in [0.05, 0.1) is 17.6 Å². The van der Waals surface area contributed by atoms with Gasteiger partial charge in [0.2, 0.25) is 5.88 Å². The lowest BCUT2D eigenvalue weighted by Gasteiger charge is -2.34. The lowest BCUT2D eigenvalue weighted by Crippen LogP contribution is -2.42. The summed E-state index contributed by atoms with van der Waals surface area (Å²) in [5.74, 6) is 2.01. The average Bonchev–Trinajstić information content (AvgIpc) is 3.47. The first-order valence-electron chi connectivity index (χ1n) is 13.4. The Labute approximate surface area is 237 Å². The van der Waals surface area contributed by atoms with E-state index < -0.39 is 27.5 Å². The molecule has 4 heterocycles. The Morgan fingerprint density at radius 2 is 2.02 bits per heavy atom. The molecule has 5 rings (SSSR count). The normalized spacial score (nSPS) is 21.1. The van der Waals surface area contributed by atoms with Gasteiger partial charge in [-0.2, -0.15) is 21.6 Å². The van der Waals surface area contributed by atoms with Crippen LogP contribution in [0.15, 0.2) is 47.6 Å². The van der Waals surface area contributed by atoms with Crippen LogP contribution < -0.4 is 19.6 Å². The zero-order valence-corrected chi connectivity index (χ0v) is 23.8. The fraction of sp³-hybridized carbons (Fsp3) is 0.500. The topological polar surface area (TPSA) is 118 Å². The van der Waals surface area contributed by atoms with Crippen LogP contribution in [0.2, 0.25) is 0 Å². The van der Waals surface area contributed by atoms with Crippen LogP contribution in [0.3, 0.4) is 0 Å². The molecule has 2 N–H and O–H groups in total. The number of sulfonamides is 1. The Morgan fingerprint density at radius 1 is 1.27 bits per heavy atom. The number of carbonyl (C=O) groups excluding carboxylic acids is 1. The molecule has 41 heavy (non-hydrogen) atoms. The molecule has 2 aliphatic heterocycles. The van der Waals surface area contributed by atoms with E-state index in [0.29, 0.717) is 31.5 Å². The highest BCUT2D eigenvalue weighted by molar-refractivity contribution is 7.93. The summed E-state index contributed by atoms with van der Waals surface area (Å²) in [6.07, 6.45) is 1.20. The van der Waals surface area contributed by atoms with E-state index >= 15 is 0 Å². The van der Waals surface area contributed by atoms with Gasteiger partial charge in [0.15, 0.2) is 5.82 Å². The van der Waals surface area contributed by atoms with E-state index in [2.05, 4.69) is 22.0 Å². The number of amides is 1. The third-order valence-electron chi connectivity index (χ3n) is 7.81. The van der Waals surface area contributed by atoms with Crippen molar-refractivity contribution in [2.75, 3.05) is 18.1 Å². The zero-order chi connectivity index (χ0) is 29.6. The second kappa shape index (κ2) is 10.4. The lowest BCUT2D eigenvalue weighted by atomic mass is 9.93. The summed E-state index contributed by atoms with van der Waals surface area (Å²) in [5.41, 5.74) is -1.94. The van der Waals surface area contributed by atoms with Crippen molar-refractivity contribution in [3.63, 3.8) is 0 Å². The second-order valence-electron chi connectivity index (χ2n) is 11.5. The Morgan fingerprint density at radius 3 is 2.63 bits per heavy atom. The number of alkyl halides is 3. The van der Waals surface area contributed by atoms with Gasteiger partial charge in [-0.3, -0.25) is 4.79 Å². The van der Waals surface area contributed by atoms with E-state index in [-0.39, 0.29) is 47.9 Å². The molecule has 0 radical (unpaired) electrons. The predicted molar refractivity (Wildman–Crippen MR) is 148 cm³/mol. The highest BCUT2D eigenvalue weighted by Gasteiger charge is 2.62. The average molecular weight is 592 g/mol. The van der Waals surface area contributed by atoms with Crippen molar-refractivity contribution in [1.82, 2.24) is 24.7 Å². The summed E-state index contributed by atoms with van der Waals surface area (Å²) >= 11 is 0. The van der Waals surface area contributed by atoms with Crippen molar-refractivity contribution < 1.29 is 31.1 Å². The summed E-state index contributed by atoms with van der Waals surface area (Å²) in [4.78, 5) is 20.0. The largest absolute Gasteiger partial charge is 0.477 e. The van der Waals surface area contributed by atoms with Crippen molar-refractivity contribution in [3.8, 4) is 11.7 Å². The van der Waals surface area contributed by atoms with E-state index in [4.69, 9.17) is 9.72 Å². The number of nitrogens with one attached hydrogen (secondary N) is 2. The van der Waals surface area contributed by atoms with Gasteiger partial charge in [-0.25, -0.2) is 14.4 Å². The van der Waals surface area contributed by atoms with Gasteiger partial charge in [0.25, 0.3) is 23.3 Å². The maximum Gasteiger partial charge on any atom is 0.394 e. The van der Waals surface area contributed by atoms with Crippen LogP contribution in [-0.4, -0.2) is 61.4 Å². The Hall–Kier alpha value is -3.49. The smallest absolute Gasteiger partial charge is 0.394 e. The molecule has 1 aliphatic carbocycles. The van der Waals surface area contributed by atoms with Crippen LogP contribution in [0.25, 0.3) is 5.82 Å². The van der Waals surface area contributed by atoms with Crippen molar-refractivity contribution in [1.29, 1.82) is 0 Å². The Bertz CT molecular complexity index is 1500. The SMILES string of the molecule is C[C@@H]1CN(c2nc(-n3ccc(OCCC4(C(F)(F)F)CC4)n3)ccc2C(=O)NS(=O)(=O)C2=CC=CBN2)C(C)(C)C1. The molecule has 3 aliphatic rings. The summed E-state index contributed by atoms with van der Waals surface area (Å²) in [6, 6.07) is 4.55. The molecule has 0 bridgehead atoms. The monoisotopic (exact) mass is 592 g/mol. The molecular weight excluding hydrogens is 560 g/mol. The van der Waals surface area contributed by atoms with Crippen molar-refractivity contribution >= 4 is 29.2 Å². The molecule has 2 aromatic rings. The van der Waals surface area contributed by atoms with Crippen LogP contribution in [0.4, 0.5) is 19.0 Å². The predicted octanol–water partition coefficient (Wildman–Crippen LogP) is 3.37. The van der Waals surface area contributed by atoms with Gasteiger partial charge in [-0.15, -0.1) is 5.10 Å². The van der Waals surface area contributed by atoms with Crippen LogP contribution in [0.1, 0.15) is 56.8 Å². The van der Waals surface area contributed by atoms with Gasteiger partial charge < -0.3 is 14.9 Å². The molecular formula is C26H32BF3N6O4S. The van der Waals surface area contributed by atoms with Crippen molar-refractivity contribution in [2.45, 2.75) is 58.2 Å². The maximum absolute atomic E-state index is 13.3. The van der Waals surface area contributed by atoms with E-state index in [1.165, 1.54) is 29.0 Å². The molecule has 1 saturated carbocycles. The third kappa shape index (κ3) is 5.95. The maximum atomic E-state index is 13.3. The van der Waals surface area contributed by atoms with Gasteiger partial charge in [-0.1, -0.05) is 19.0 Å². The van der Waals surface area contributed by atoms with E-state index in [9.17, 15) is 26.4 Å². The number of ether oxygens (including phenoxy) is 1. The number of hydrogen-bond acceptors (Lipinski definition) is 8. The number of rotatable bonds is 9. The number of hydrogen-bond donors (Lipinski definition) is 2. The van der Waals surface area contributed by atoms with Gasteiger partial charge in [0.1, 0.15) is 10.8 Å². The zero-order valence-electron chi connectivity index (χ0n) is 23.0. The molecule has 2 fully saturated rings. The van der Waals surface area contributed by atoms with Gasteiger partial charge in [-0.05, 0) is 63.7 Å². The highest BCUT2D eigenvalue weighted by Crippen LogP contribution is 2.59. The van der Waals surface area contributed by atoms with Gasteiger partial charge >= 0.3 is 6.18 Å². The van der Waals surface area contributed by atoms with E-state index in [1.54, 1.807) is 18.2 Å². The first kappa shape index (κ1) is 29.0. The number of anilines is 1. The number of halogens is 3. The van der Waals surface area contributed by atoms with Crippen molar-refractivity contribution in [2.24, 2.45) is 11.3 Å². The van der Waals surface area contributed by atoms with E-state index in [0.717, 1.165) is 6.42 Å². The first-order chi connectivity index (χ1) is 19.2. The molecule has 0 spiro atoms. The Kier molecular flexibility index (Phi) is 7.37. The molecule has 10 nitrogen and oxygen atoms in total. The molecule has 15 heteroatoms. The minimum absolute atomic E-state index is 0.0805. The van der Waals surface area contributed by atoms with E-state index in [1.807, 2.05) is 18.7 Å². The second-order valence-corrected chi connectivity index (χ2v) is 13.2. The fourth-order valence-electron chi connectivity index (χ4n) is 5.46. The molecule has 220 valence electrons. The standard InChI is InChI=1S/C26H32BF3N6O4S/c1-17-15-24(2,3)35(16-17)22-18(23(37)34-41(38,39)21-5-4-12-27-32-21)6-7-19(31-22)36-13-8-20(33-36)40-14-11-25(9-10-25)26(28,29)30/h4-8,12-13,17,27,32H,9-11,14-16H2,1-3H3,(H,34,37)/t17-/m0/s1. The molecule has 0 unspecified atom stereocenters. The summed E-state index contributed by atoms with van der Waals surface area (Å²) in [5, 5.41) is 6.94. The van der Waals surface area contributed by atoms with Crippen molar-refractivity contribution in [3.05, 3.63) is 53.1 Å². The van der Waals surface area contributed by atoms with Crippen LogP contribution in [0, 0.1) is 11.3 Å². The summed E-state index contributed by atoms with van der Waals surface area (Å²) in [6.45, 7) is 6.62. The first-order valence-corrected chi connectivity index (χ1v) is 14.9. The van der Waals surface area contributed by atoms with Gasteiger partial charge in [0, 0.05) is 24.3 Å². The minimum Gasteiger partial charge on any atom is -0.477 e. The number of allylic oxidation sites excluding steroid dienone is 2. The minimum atomic E-state index is -4.24.